The number of halogens is 1. The molecule has 1 saturated heterocycles. The van der Waals surface area contributed by atoms with E-state index in [-0.39, 0.29) is 5.56 Å². The number of carboxylic acid groups (broad SMARTS) is 1. The van der Waals surface area contributed by atoms with E-state index in [0.29, 0.717) is 17.8 Å². The van der Waals surface area contributed by atoms with Crippen LogP contribution in [-0.4, -0.2) is 28.6 Å². The molecule has 1 aromatic rings. The number of rotatable bonds is 2. The lowest BCUT2D eigenvalue weighted by atomic mass is 9.91. The van der Waals surface area contributed by atoms with Gasteiger partial charge in [0.2, 0.25) is 0 Å². The first-order chi connectivity index (χ1) is 9.16. The molecule has 1 aliphatic carbocycles. The minimum absolute atomic E-state index is 0.0208. The van der Waals surface area contributed by atoms with E-state index in [1.807, 2.05) is 0 Å². The summed E-state index contributed by atoms with van der Waals surface area (Å²) < 4.78 is 13.2. The molecule has 2 unspecified atom stereocenters. The van der Waals surface area contributed by atoms with Crippen molar-refractivity contribution in [3.8, 4) is 0 Å². The van der Waals surface area contributed by atoms with Crippen molar-refractivity contribution in [2.24, 2.45) is 5.92 Å². The molecule has 2 heterocycles. The number of piperidine rings is 1. The molecule has 2 atom stereocenters. The molecule has 0 radical (unpaired) electrons. The summed E-state index contributed by atoms with van der Waals surface area (Å²) in [7, 11) is 0. The molecule has 5 heteroatoms. The quantitative estimate of drug-likeness (QED) is 0.892. The standard InChI is InChI=1S/C14H17FN2O2/c15-10-7-11(14(18)19)13(16-8-10)17-6-2-4-9-3-1-5-12(9)17/h7-9,12H,1-6H2,(H,18,19). The number of pyridine rings is 1. The van der Waals surface area contributed by atoms with Crippen molar-refractivity contribution in [1.82, 2.24) is 4.98 Å². The van der Waals surface area contributed by atoms with Crippen molar-refractivity contribution < 1.29 is 14.3 Å². The van der Waals surface area contributed by atoms with Crippen LogP contribution in [0.25, 0.3) is 0 Å². The second-order valence-electron chi connectivity index (χ2n) is 5.42. The Bertz CT molecular complexity index is 506. The normalized spacial score (nSPS) is 26.3. The lowest BCUT2D eigenvalue weighted by Crippen LogP contribution is -2.43. The van der Waals surface area contributed by atoms with Gasteiger partial charge in [0.1, 0.15) is 17.2 Å². The van der Waals surface area contributed by atoms with Crippen LogP contribution in [0.1, 0.15) is 42.5 Å². The molecule has 0 aromatic carbocycles. The first-order valence-electron chi connectivity index (χ1n) is 6.82. The lowest BCUT2D eigenvalue weighted by Gasteiger charge is -2.39. The molecule has 2 aliphatic rings. The Kier molecular flexibility index (Phi) is 3.12. The Balaban J connectivity index is 1.98. The number of carbonyl (C=O) groups is 1. The van der Waals surface area contributed by atoms with Gasteiger partial charge in [-0.05, 0) is 37.7 Å². The molecule has 4 nitrogen and oxygen atoms in total. The van der Waals surface area contributed by atoms with Crippen molar-refractivity contribution in [1.29, 1.82) is 0 Å². The number of hydrogen-bond acceptors (Lipinski definition) is 3. The molecule has 0 bridgehead atoms. The fourth-order valence-electron chi connectivity index (χ4n) is 3.54. The van der Waals surface area contributed by atoms with E-state index in [9.17, 15) is 14.3 Å². The third kappa shape index (κ3) is 2.17. The summed E-state index contributed by atoms with van der Waals surface area (Å²) in [5.74, 6) is -0.629. The third-order valence-electron chi connectivity index (χ3n) is 4.33. The first-order valence-corrected chi connectivity index (χ1v) is 6.82. The van der Waals surface area contributed by atoms with Crippen molar-refractivity contribution in [3.63, 3.8) is 0 Å². The highest BCUT2D eigenvalue weighted by Crippen LogP contribution is 2.39. The predicted octanol–water partition coefficient (Wildman–Crippen LogP) is 2.69. The van der Waals surface area contributed by atoms with Crippen LogP contribution in [0.2, 0.25) is 0 Å². The Hall–Kier alpha value is -1.65. The van der Waals surface area contributed by atoms with E-state index >= 15 is 0 Å². The molecule has 0 spiro atoms. The van der Waals surface area contributed by atoms with Gasteiger partial charge in [0.25, 0.3) is 0 Å². The van der Waals surface area contributed by atoms with Crippen LogP contribution >= 0.6 is 0 Å². The van der Waals surface area contributed by atoms with Gasteiger partial charge < -0.3 is 10.0 Å². The zero-order valence-electron chi connectivity index (χ0n) is 10.7. The highest BCUT2D eigenvalue weighted by molar-refractivity contribution is 5.93. The SMILES string of the molecule is O=C(O)c1cc(F)cnc1N1CCCC2CCCC21. The summed E-state index contributed by atoms with van der Waals surface area (Å²) in [6.45, 7) is 0.820. The van der Waals surface area contributed by atoms with E-state index in [2.05, 4.69) is 9.88 Å². The van der Waals surface area contributed by atoms with Gasteiger partial charge in [-0.2, -0.15) is 0 Å². The zero-order valence-corrected chi connectivity index (χ0v) is 10.7. The van der Waals surface area contributed by atoms with E-state index < -0.39 is 11.8 Å². The van der Waals surface area contributed by atoms with Gasteiger partial charge in [-0.25, -0.2) is 14.2 Å². The van der Waals surface area contributed by atoms with Gasteiger partial charge in [-0.1, -0.05) is 6.42 Å². The maximum Gasteiger partial charge on any atom is 0.339 e. The molecule has 1 N–H and O–H groups in total. The highest BCUT2D eigenvalue weighted by Gasteiger charge is 2.37. The van der Waals surface area contributed by atoms with Crippen LogP contribution < -0.4 is 4.90 Å². The Morgan fingerprint density at radius 1 is 1.37 bits per heavy atom. The summed E-state index contributed by atoms with van der Waals surface area (Å²) in [6.07, 6.45) is 6.87. The Labute approximate surface area is 111 Å². The second kappa shape index (κ2) is 4.79. The van der Waals surface area contributed by atoms with Gasteiger partial charge in [0, 0.05) is 12.6 Å². The van der Waals surface area contributed by atoms with E-state index in [1.165, 1.54) is 19.3 Å². The lowest BCUT2D eigenvalue weighted by molar-refractivity contribution is 0.0696. The van der Waals surface area contributed by atoms with Gasteiger partial charge in [0.15, 0.2) is 0 Å². The number of aromatic carboxylic acids is 1. The van der Waals surface area contributed by atoms with E-state index in [1.54, 1.807) is 0 Å². The maximum atomic E-state index is 13.2. The summed E-state index contributed by atoms with van der Waals surface area (Å²) >= 11 is 0. The molecule has 1 saturated carbocycles. The third-order valence-corrected chi connectivity index (χ3v) is 4.33. The summed E-state index contributed by atoms with van der Waals surface area (Å²) in [5, 5.41) is 9.23. The number of anilines is 1. The molecule has 2 fully saturated rings. The summed E-state index contributed by atoms with van der Waals surface area (Å²) in [5.41, 5.74) is -0.0208. The fraction of sp³-hybridized carbons (Fsp3) is 0.571. The molecule has 1 aliphatic heterocycles. The minimum atomic E-state index is -1.11. The average molecular weight is 264 g/mol. The zero-order chi connectivity index (χ0) is 13.4. The van der Waals surface area contributed by atoms with Crippen molar-refractivity contribution in [2.75, 3.05) is 11.4 Å². The van der Waals surface area contributed by atoms with Gasteiger partial charge in [-0.3, -0.25) is 0 Å². The molecule has 0 amide bonds. The van der Waals surface area contributed by atoms with Crippen LogP contribution in [0.4, 0.5) is 10.2 Å². The summed E-state index contributed by atoms with van der Waals surface area (Å²) in [6, 6.07) is 1.45. The average Bonchev–Trinajstić information content (AvgIpc) is 2.86. The smallest absolute Gasteiger partial charge is 0.339 e. The van der Waals surface area contributed by atoms with Gasteiger partial charge >= 0.3 is 5.97 Å². The van der Waals surface area contributed by atoms with E-state index in [0.717, 1.165) is 31.6 Å². The molecule has 102 valence electrons. The van der Waals surface area contributed by atoms with Crippen LogP contribution in [0.5, 0.6) is 0 Å². The maximum absolute atomic E-state index is 13.2. The number of carboxylic acids is 1. The Morgan fingerprint density at radius 2 is 2.16 bits per heavy atom. The highest BCUT2D eigenvalue weighted by atomic mass is 19.1. The summed E-state index contributed by atoms with van der Waals surface area (Å²) in [4.78, 5) is 17.4. The van der Waals surface area contributed by atoms with Crippen LogP contribution in [0, 0.1) is 11.7 Å². The number of hydrogen-bond donors (Lipinski definition) is 1. The second-order valence-corrected chi connectivity index (χ2v) is 5.42. The van der Waals surface area contributed by atoms with Crippen molar-refractivity contribution in [2.45, 2.75) is 38.1 Å². The largest absolute Gasteiger partial charge is 0.478 e. The predicted molar refractivity (Wildman–Crippen MR) is 68.9 cm³/mol. The monoisotopic (exact) mass is 264 g/mol. The number of aromatic nitrogens is 1. The van der Waals surface area contributed by atoms with Crippen LogP contribution in [0.15, 0.2) is 12.3 Å². The van der Waals surface area contributed by atoms with E-state index in [4.69, 9.17) is 0 Å². The molecular weight excluding hydrogens is 247 g/mol. The van der Waals surface area contributed by atoms with Crippen LogP contribution in [-0.2, 0) is 0 Å². The molecular formula is C14H17FN2O2. The van der Waals surface area contributed by atoms with Crippen molar-refractivity contribution in [3.05, 3.63) is 23.6 Å². The van der Waals surface area contributed by atoms with Gasteiger partial charge in [-0.15, -0.1) is 0 Å². The van der Waals surface area contributed by atoms with Crippen molar-refractivity contribution >= 4 is 11.8 Å². The number of nitrogens with zero attached hydrogens (tertiary/aromatic N) is 2. The van der Waals surface area contributed by atoms with Crippen LogP contribution in [0.3, 0.4) is 0 Å². The topological polar surface area (TPSA) is 53.4 Å². The Morgan fingerprint density at radius 3 is 2.95 bits per heavy atom. The molecule has 3 rings (SSSR count). The molecule has 1 aromatic heterocycles. The number of fused-ring (bicyclic) bond motifs is 1. The molecule has 19 heavy (non-hydrogen) atoms. The fourth-order valence-corrected chi connectivity index (χ4v) is 3.54. The van der Waals surface area contributed by atoms with Gasteiger partial charge in [0.05, 0.1) is 6.20 Å². The minimum Gasteiger partial charge on any atom is -0.478 e. The first kappa shape index (κ1) is 12.4.